The predicted molar refractivity (Wildman–Crippen MR) is 87.0 cm³/mol. The molecule has 0 saturated carbocycles. The Bertz CT molecular complexity index is 766. The maximum atomic E-state index is 13.7. The summed E-state index contributed by atoms with van der Waals surface area (Å²) in [6.07, 6.45) is 1.66. The molecule has 1 aromatic carbocycles. The van der Waals surface area contributed by atoms with Gasteiger partial charge in [-0.05, 0) is 41.6 Å². The van der Waals surface area contributed by atoms with Crippen molar-refractivity contribution in [1.29, 1.82) is 0 Å². The minimum atomic E-state index is -0.429. The highest BCUT2D eigenvalue weighted by molar-refractivity contribution is 7.17. The number of halogens is 1. The largest absolute Gasteiger partial charge is 0.302 e. The van der Waals surface area contributed by atoms with Crippen molar-refractivity contribution < 1.29 is 4.39 Å². The first-order valence-corrected chi connectivity index (χ1v) is 7.86. The Labute approximate surface area is 127 Å². The van der Waals surface area contributed by atoms with Crippen LogP contribution in [-0.4, -0.2) is 23.5 Å². The van der Waals surface area contributed by atoms with Crippen LogP contribution in [0.1, 0.15) is 12.5 Å². The molecule has 0 radical (unpaired) electrons. The average Bonchev–Trinajstić information content (AvgIpc) is 2.97. The summed E-state index contributed by atoms with van der Waals surface area (Å²) in [4.78, 5) is 6.02. The summed E-state index contributed by atoms with van der Waals surface area (Å²) in [6, 6.07) is 9.82. The molecule has 0 saturated heterocycles. The van der Waals surface area contributed by atoms with E-state index in [0.717, 1.165) is 29.8 Å². The van der Waals surface area contributed by atoms with Crippen LogP contribution < -0.4 is 0 Å². The SMILES string of the molecule is CCN(C)Cc1cnc(F)cc1-c1cccc2ccsc12. The van der Waals surface area contributed by atoms with Crippen molar-refractivity contribution in [2.45, 2.75) is 13.5 Å². The summed E-state index contributed by atoms with van der Waals surface area (Å²) in [5.41, 5.74) is 3.08. The van der Waals surface area contributed by atoms with Crippen molar-refractivity contribution in [1.82, 2.24) is 9.88 Å². The Balaban J connectivity index is 2.16. The molecule has 21 heavy (non-hydrogen) atoms. The molecule has 0 aliphatic rings. The molecule has 2 heterocycles. The van der Waals surface area contributed by atoms with Crippen molar-refractivity contribution in [3.05, 3.63) is 53.4 Å². The van der Waals surface area contributed by atoms with Crippen LogP contribution in [0.25, 0.3) is 21.2 Å². The van der Waals surface area contributed by atoms with Crippen LogP contribution in [0.4, 0.5) is 4.39 Å². The zero-order chi connectivity index (χ0) is 14.8. The average molecular weight is 300 g/mol. The van der Waals surface area contributed by atoms with E-state index in [2.05, 4.69) is 47.4 Å². The number of thiophene rings is 1. The highest BCUT2D eigenvalue weighted by Crippen LogP contribution is 2.34. The Morgan fingerprint density at radius 3 is 2.90 bits per heavy atom. The molecule has 3 aromatic rings. The van der Waals surface area contributed by atoms with Gasteiger partial charge < -0.3 is 4.90 Å². The van der Waals surface area contributed by atoms with Crippen LogP contribution in [-0.2, 0) is 6.54 Å². The summed E-state index contributed by atoms with van der Waals surface area (Å²) in [5.74, 6) is -0.429. The molecule has 0 fully saturated rings. The molecule has 0 bridgehead atoms. The van der Waals surface area contributed by atoms with E-state index in [4.69, 9.17) is 0 Å². The lowest BCUT2D eigenvalue weighted by Gasteiger charge is -2.17. The molecule has 4 heteroatoms. The van der Waals surface area contributed by atoms with Crippen molar-refractivity contribution in [2.24, 2.45) is 0 Å². The van der Waals surface area contributed by atoms with Crippen molar-refractivity contribution in [3.8, 4) is 11.1 Å². The molecule has 108 valence electrons. The molecule has 0 N–H and O–H groups in total. The summed E-state index contributed by atoms with van der Waals surface area (Å²) >= 11 is 1.69. The number of pyridine rings is 1. The van der Waals surface area contributed by atoms with Gasteiger partial charge in [-0.1, -0.05) is 25.1 Å². The summed E-state index contributed by atoms with van der Waals surface area (Å²) in [5, 5.41) is 3.27. The summed E-state index contributed by atoms with van der Waals surface area (Å²) < 4.78 is 14.9. The first kappa shape index (κ1) is 14.2. The van der Waals surface area contributed by atoms with Crippen molar-refractivity contribution in [2.75, 3.05) is 13.6 Å². The molecule has 0 aliphatic carbocycles. The highest BCUT2D eigenvalue weighted by atomic mass is 32.1. The molecule has 0 spiro atoms. The zero-order valence-electron chi connectivity index (χ0n) is 12.1. The number of aromatic nitrogens is 1. The second-order valence-electron chi connectivity index (χ2n) is 5.14. The highest BCUT2D eigenvalue weighted by Gasteiger charge is 2.12. The minimum absolute atomic E-state index is 0.429. The van der Waals surface area contributed by atoms with E-state index in [-0.39, 0.29) is 0 Å². The standard InChI is InChI=1S/C17H17FN2S/c1-3-20(2)11-13-10-19-16(18)9-15(13)14-6-4-5-12-7-8-21-17(12)14/h4-10H,3,11H2,1-2H3. The fourth-order valence-corrected chi connectivity index (χ4v) is 3.37. The molecule has 0 atom stereocenters. The second-order valence-corrected chi connectivity index (χ2v) is 6.06. The van der Waals surface area contributed by atoms with Crippen LogP contribution in [0, 0.1) is 5.95 Å². The van der Waals surface area contributed by atoms with E-state index in [1.807, 2.05) is 6.07 Å². The normalized spacial score (nSPS) is 11.4. The van der Waals surface area contributed by atoms with Gasteiger partial charge in [0.15, 0.2) is 0 Å². The Morgan fingerprint density at radius 1 is 1.24 bits per heavy atom. The minimum Gasteiger partial charge on any atom is -0.302 e. The lowest BCUT2D eigenvalue weighted by atomic mass is 10.00. The Morgan fingerprint density at radius 2 is 2.10 bits per heavy atom. The Kier molecular flexibility index (Phi) is 3.99. The molecule has 2 nitrogen and oxygen atoms in total. The predicted octanol–water partition coefficient (Wildman–Crippen LogP) is 4.55. The maximum absolute atomic E-state index is 13.7. The Hall–Kier alpha value is -1.78. The third-order valence-electron chi connectivity index (χ3n) is 3.70. The molecular formula is C17H17FN2S. The number of rotatable bonds is 4. The smallest absolute Gasteiger partial charge is 0.213 e. The van der Waals surface area contributed by atoms with Gasteiger partial charge in [0, 0.05) is 29.1 Å². The van der Waals surface area contributed by atoms with Crippen LogP contribution in [0.3, 0.4) is 0 Å². The summed E-state index contributed by atoms with van der Waals surface area (Å²) in [6.45, 7) is 3.82. The van der Waals surface area contributed by atoms with E-state index in [0.29, 0.717) is 0 Å². The number of benzene rings is 1. The van der Waals surface area contributed by atoms with Crippen LogP contribution >= 0.6 is 11.3 Å². The quantitative estimate of drug-likeness (QED) is 0.657. The molecule has 0 unspecified atom stereocenters. The van der Waals surface area contributed by atoms with Gasteiger partial charge in [-0.2, -0.15) is 4.39 Å². The van der Waals surface area contributed by atoms with Gasteiger partial charge in [-0.3, -0.25) is 0 Å². The van der Waals surface area contributed by atoms with Gasteiger partial charge in [0.2, 0.25) is 5.95 Å². The van der Waals surface area contributed by atoms with Crippen LogP contribution in [0.15, 0.2) is 41.9 Å². The number of hydrogen-bond donors (Lipinski definition) is 0. The number of fused-ring (bicyclic) bond motifs is 1. The molecule has 0 aliphatic heterocycles. The number of nitrogens with zero attached hydrogens (tertiary/aromatic N) is 2. The van der Waals surface area contributed by atoms with Gasteiger partial charge in [0.05, 0.1) is 0 Å². The fourth-order valence-electron chi connectivity index (χ4n) is 2.44. The third-order valence-corrected chi connectivity index (χ3v) is 4.67. The maximum Gasteiger partial charge on any atom is 0.213 e. The zero-order valence-corrected chi connectivity index (χ0v) is 13.0. The van der Waals surface area contributed by atoms with Crippen molar-refractivity contribution in [3.63, 3.8) is 0 Å². The van der Waals surface area contributed by atoms with E-state index in [1.54, 1.807) is 23.6 Å². The van der Waals surface area contributed by atoms with E-state index in [9.17, 15) is 4.39 Å². The van der Waals surface area contributed by atoms with Crippen LogP contribution in [0.5, 0.6) is 0 Å². The van der Waals surface area contributed by atoms with Gasteiger partial charge in [0.1, 0.15) is 0 Å². The lowest BCUT2D eigenvalue weighted by Crippen LogP contribution is -2.17. The summed E-state index contributed by atoms with van der Waals surface area (Å²) in [7, 11) is 2.05. The van der Waals surface area contributed by atoms with Crippen molar-refractivity contribution >= 4 is 21.4 Å². The second kappa shape index (κ2) is 5.92. The van der Waals surface area contributed by atoms with E-state index >= 15 is 0 Å². The van der Waals surface area contributed by atoms with Gasteiger partial charge >= 0.3 is 0 Å². The van der Waals surface area contributed by atoms with E-state index < -0.39 is 5.95 Å². The monoisotopic (exact) mass is 300 g/mol. The third kappa shape index (κ3) is 2.82. The van der Waals surface area contributed by atoms with E-state index in [1.165, 1.54) is 10.1 Å². The first-order chi connectivity index (χ1) is 10.2. The lowest BCUT2D eigenvalue weighted by molar-refractivity contribution is 0.345. The molecular weight excluding hydrogens is 283 g/mol. The van der Waals surface area contributed by atoms with Crippen LogP contribution in [0.2, 0.25) is 0 Å². The van der Waals surface area contributed by atoms with Gasteiger partial charge in [-0.25, -0.2) is 4.98 Å². The number of hydrogen-bond acceptors (Lipinski definition) is 3. The topological polar surface area (TPSA) is 16.1 Å². The molecule has 0 amide bonds. The van der Waals surface area contributed by atoms with Gasteiger partial charge in [0.25, 0.3) is 0 Å². The fraction of sp³-hybridized carbons (Fsp3) is 0.235. The first-order valence-electron chi connectivity index (χ1n) is 6.98. The van der Waals surface area contributed by atoms with Gasteiger partial charge in [-0.15, -0.1) is 11.3 Å². The molecule has 2 aromatic heterocycles. The molecule has 3 rings (SSSR count).